The van der Waals surface area contributed by atoms with Gasteiger partial charge in [-0.05, 0) is 41.5 Å². The lowest BCUT2D eigenvalue weighted by Crippen LogP contribution is -2.56. The van der Waals surface area contributed by atoms with Crippen molar-refractivity contribution in [1.29, 1.82) is 0 Å². The first-order chi connectivity index (χ1) is 22.0. The summed E-state index contributed by atoms with van der Waals surface area (Å²) in [5, 5.41) is 15.9. The highest BCUT2D eigenvalue weighted by Crippen LogP contribution is 2.31. The molecular weight excluding hydrogens is 566 g/mol. The van der Waals surface area contributed by atoms with E-state index in [0.29, 0.717) is 25.8 Å². The molecule has 1 heterocycles. The molecule has 1 aliphatic heterocycles. The van der Waals surface area contributed by atoms with E-state index in [0.717, 1.165) is 22.3 Å². The second kappa shape index (κ2) is 15.7. The first-order valence-corrected chi connectivity index (χ1v) is 15.4. The Morgan fingerprint density at radius 2 is 1.29 bits per heavy atom. The van der Waals surface area contributed by atoms with E-state index in [9.17, 15) is 19.5 Å². The Kier molecular flexibility index (Phi) is 11.0. The number of nitrogens with one attached hydrogen (secondary N) is 2. The van der Waals surface area contributed by atoms with Gasteiger partial charge < -0.3 is 25.4 Å². The summed E-state index contributed by atoms with van der Waals surface area (Å²) in [4.78, 5) is 43.0. The van der Waals surface area contributed by atoms with E-state index in [2.05, 4.69) is 10.6 Å². The fourth-order valence-corrected chi connectivity index (χ4v) is 5.92. The Morgan fingerprint density at radius 3 is 1.84 bits per heavy atom. The maximum Gasteiger partial charge on any atom is 0.408 e. The lowest BCUT2D eigenvalue weighted by atomic mass is 9.84. The third-order valence-corrected chi connectivity index (χ3v) is 8.13. The molecule has 1 aliphatic rings. The van der Waals surface area contributed by atoms with Gasteiger partial charge in [-0.2, -0.15) is 0 Å². The molecule has 0 spiro atoms. The van der Waals surface area contributed by atoms with Crippen molar-refractivity contribution >= 4 is 17.9 Å². The van der Waals surface area contributed by atoms with Gasteiger partial charge in [-0.1, -0.05) is 121 Å². The van der Waals surface area contributed by atoms with Crippen LogP contribution < -0.4 is 10.6 Å². The van der Waals surface area contributed by atoms with Crippen molar-refractivity contribution in [2.45, 2.75) is 49.9 Å². The van der Waals surface area contributed by atoms with Crippen molar-refractivity contribution < 1.29 is 24.2 Å². The number of alkyl carbamates (subject to hydrolysis) is 1. The van der Waals surface area contributed by atoms with Gasteiger partial charge in [0.15, 0.2) is 0 Å². The molecule has 8 nitrogen and oxygen atoms in total. The predicted molar refractivity (Wildman–Crippen MR) is 172 cm³/mol. The van der Waals surface area contributed by atoms with Crippen molar-refractivity contribution in [3.63, 3.8) is 0 Å². The Bertz CT molecular complexity index is 1480. The van der Waals surface area contributed by atoms with Crippen LogP contribution in [0, 0.1) is 0 Å². The fourth-order valence-electron chi connectivity index (χ4n) is 5.92. The van der Waals surface area contributed by atoms with E-state index in [1.54, 1.807) is 4.90 Å². The number of hydrogen-bond donors (Lipinski definition) is 3. The summed E-state index contributed by atoms with van der Waals surface area (Å²) in [5.74, 6) is -1.24. The molecule has 0 saturated carbocycles. The molecule has 45 heavy (non-hydrogen) atoms. The molecule has 4 aromatic rings. The molecule has 3 amide bonds. The van der Waals surface area contributed by atoms with Gasteiger partial charge >= 0.3 is 6.09 Å². The summed E-state index contributed by atoms with van der Waals surface area (Å²) in [6.07, 6.45) is 0.856. The van der Waals surface area contributed by atoms with Gasteiger partial charge in [0.1, 0.15) is 18.7 Å². The maximum atomic E-state index is 14.5. The molecular formula is C37H39N3O5. The van der Waals surface area contributed by atoms with Gasteiger partial charge in [0.25, 0.3) is 0 Å². The molecule has 5 rings (SSSR count). The summed E-state index contributed by atoms with van der Waals surface area (Å²) < 4.78 is 5.56. The minimum atomic E-state index is -1.05. The topological polar surface area (TPSA) is 108 Å². The van der Waals surface area contributed by atoms with Gasteiger partial charge in [0.2, 0.25) is 11.8 Å². The average molecular weight is 606 g/mol. The van der Waals surface area contributed by atoms with Crippen molar-refractivity contribution in [2.24, 2.45) is 0 Å². The summed E-state index contributed by atoms with van der Waals surface area (Å²) in [5.41, 5.74) is 3.49. The Labute approximate surface area is 264 Å². The Balaban J connectivity index is 1.40. The fraction of sp³-hybridized carbons (Fsp3) is 0.270. The van der Waals surface area contributed by atoms with Crippen LogP contribution in [0.2, 0.25) is 0 Å². The summed E-state index contributed by atoms with van der Waals surface area (Å²) in [6.45, 7) is 0.184. The highest BCUT2D eigenvalue weighted by molar-refractivity contribution is 5.93. The highest BCUT2D eigenvalue weighted by Gasteiger charge is 2.42. The van der Waals surface area contributed by atoms with E-state index in [-0.39, 0.29) is 25.0 Å². The summed E-state index contributed by atoms with van der Waals surface area (Å²) in [6, 6.07) is 35.8. The van der Waals surface area contributed by atoms with Crippen LogP contribution in [0.4, 0.5) is 4.79 Å². The van der Waals surface area contributed by atoms with Crippen LogP contribution in [0.5, 0.6) is 0 Å². The zero-order valence-electron chi connectivity index (χ0n) is 25.1. The Morgan fingerprint density at radius 1 is 0.756 bits per heavy atom. The van der Waals surface area contributed by atoms with Crippen LogP contribution in [0.3, 0.4) is 0 Å². The van der Waals surface area contributed by atoms with Crippen LogP contribution in [-0.4, -0.2) is 59.2 Å². The second-order valence-electron chi connectivity index (χ2n) is 11.3. The number of benzene rings is 4. The second-order valence-corrected chi connectivity index (χ2v) is 11.3. The van der Waals surface area contributed by atoms with Crippen molar-refractivity contribution in [3.05, 3.63) is 144 Å². The van der Waals surface area contributed by atoms with Crippen LogP contribution in [-0.2, 0) is 27.4 Å². The number of hydrogen-bond acceptors (Lipinski definition) is 5. The van der Waals surface area contributed by atoms with Crippen molar-refractivity contribution in [1.82, 2.24) is 15.5 Å². The lowest BCUT2D eigenvalue weighted by Gasteiger charge is -2.33. The van der Waals surface area contributed by atoms with Crippen LogP contribution in [0.15, 0.2) is 121 Å². The molecule has 3 N–H and O–H groups in total. The van der Waals surface area contributed by atoms with E-state index in [1.807, 2.05) is 121 Å². The number of nitrogens with zero attached hydrogens (tertiary/aromatic N) is 1. The third kappa shape index (κ3) is 8.37. The number of carbonyl (C=O) groups is 3. The van der Waals surface area contributed by atoms with E-state index in [4.69, 9.17) is 4.74 Å². The molecule has 4 aromatic carbocycles. The number of rotatable bonds is 12. The zero-order valence-corrected chi connectivity index (χ0v) is 25.1. The molecule has 0 aliphatic carbocycles. The summed E-state index contributed by atoms with van der Waals surface area (Å²) >= 11 is 0. The van der Waals surface area contributed by atoms with Gasteiger partial charge in [-0.25, -0.2) is 4.79 Å². The van der Waals surface area contributed by atoms with Gasteiger partial charge in [-0.3, -0.25) is 9.59 Å². The number of amides is 3. The van der Waals surface area contributed by atoms with Crippen LogP contribution in [0.25, 0.3) is 0 Å². The lowest BCUT2D eigenvalue weighted by molar-refractivity contribution is -0.140. The van der Waals surface area contributed by atoms with Crippen LogP contribution >= 0.6 is 0 Å². The monoisotopic (exact) mass is 605 g/mol. The number of aliphatic hydroxyl groups excluding tert-OH is 1. The van der Waals surface area contributed by atoms with Gasteiger partial charge in [0.05, 0.1) is 12.6 Å². The molecule has 0 aromatic heterocycles. The number of ether oxygens (including phenoxy) is 1. The molecule has 1 saturated heterocycles. The number of aliphatic hydroxyl groups is 1. The Hall–Kier alpha value is -4.95. The smallest absolute Gasteiger partial charge is 0.408 e. The summed E-state index contributed by atoms with van der Waals surface area (Å²) in [7, 11) is 0. The van der Waals surface area contributed by atoms with E-state index in [1.165, 1.54) is 0 Å². The molecule has 232 valence electrons. The first kappa shape index (κ1) is 31.5. The number of carbonyl (C=O) groups excluding carboxylic acids is 3. The van der Waals surface area contributed by atoms with E-state index < -0.39 is 30.1 Å². The maximum absolute atomic E-state index is 14.5. The third-order valence-electron chi connectivity index (χ3n) is 8.13. The van der Waals surface area contributed by atoms with Crippen molar-refractivity contribution in [3.8, 4) is 0 Å². The molecule has 1 fully saturated rings. The molecule has 0 radical (unpaired) electrons. The minimum Gasteiger partial charge on any atom is -0.445 e. The number of likely N-dealkylation sites (tertiary alicyclic amines) is 1. The molecule has 0 unspecified atom stereocenters. The quantitative estimate of drug-likeness (QED) is 0.215. The first-order valence-electron chi connectivity index (χ1n) is 15.4. The average Bonchev–Trinajstić information content (AvgIpc) is 3.59. The normalized spacial score (nSPS) is 15.7. The standard InChI is InChI=1S/C37H39N3O5/c41-25-31(24-27-14-5-1-6-15-27)38-35(42)32-22-13-23-40(32)36(43)34(39-37(44)45-26-28-16-7-2-8-17-28)33(29-18-9-3-10-19-29)30-20-11-4-12-21-30/h1-12,14-21,31-34,41H,13,22-26H2,(H,38,42)(H,39,44)/t31-,32+,34-/m1/s1. The molecule has 8 heteroatoms. The zero-order chi connectivity index (χ0) is 31.4. The molecule has 0 bridgehead atoms. The van der Waals surface area contributed by atoms with E-state index >= 15 is 0 Å². The largest absolute Gasteiger partial charge is 0.445 e. The van der Waals surface area contributed by atoms with Gasteiger partial charge in [-0.15, -0.1) is 0 Å². The SMILES string of the molecule is O=C(N[C@@H](C(=O)N1CCC[C@H]1C(=O)N[C@@H](CO)Cc1ccccc1)C(c1ccccc1)c1ccccc1)OCc1ccccc1. The predicted octanol–water partition coefficient (Wildman–Crippen LogP) is 4.82. The molecule has 3 atom stereocenters. The van der Waals surface area contributed by atoms with Crippen LogP contribution in [0.1, 0.15) is 41.0 Å². The highest BCUT2D eigenvalue weighted by atomic mass is 16.5. The van der Waals surface area contributed by atoms with Gasteiger partial charge in [0, 0.05) is 12.5 Å². The van der Waals surface area contributed by atoms with Crippen molar-refractivity contribution in [2.75, 3.05) is 13.2 Å². The minimum absolute atomic E-state index is 0.0492.